The maximum atomic E-state index is 13.3. The van der Waals surface area contributed by atoms with Crippen molar-refractivity contribution in [3.05, 3.63) is 136 Å². The molecule has 4 unspecified atom stereocenters. The smallest absolute Gasteiger partial charge is 0.163 e. The molecule has 0 bridgehead atoms. The second-order valence-corrected chi connectivity index (χ2v) is 17.8. The summed E-state index contributed by atoms with van der Waals surface area (Å²) in [6, 6.07) is 29.4. The predicted octanol–water partition coefficient (Wildman–Crippen LogP) is 12.6. The van der Waals surface area contributed by atoms with Gasteiger partial charge in [0.2, 0.25) is 0 Å². The molecule has 358 valence electrons. The highest BCUT2D eigenvalue weighted by Crippen LogP contribution is 2.40. The minimum atomic E-state index is -0.899. The molecule has 0 aliphatic heterocycles. The highest BCUT2D eigenvalue weighted by atomic mass is 16.5. The molecule has 10 heteroatoms. The molecular weight excluding hydrogens is 839 g/mol. The number of Topliss-reactive ketones (excluding diaryl/α,β-unsaturated/α-hetero) is 2. The molecule has 1 aromatic heterocycles. The van der Waals surface area contributed by atoms with E-state index in [-0.39, 0.29) is 48.6 Å². The Hall–Kier alpha value is -6.00. The number of rotatable bonds is 26. The summed E-state index contributed by atoms with van der Waals surface area (Å²) in [5.41, 5.74) is 8.43. The van der Waals surface area contributed by atoms with Crippen LogP contribution in [-0.2, 0) is 38.9 Å². The van der Waals surface area contributed by atoms with Gasteiger partial charge in [0.15, 0.2) is 34.6 Å². The number of hydrogen-bond donors (Lipinski definition) is 1. The molecule has 10 nitrogen and oxygen atoms in total. The number of carbonyl (C=O) groups is 2. The van der Waals surface area contributed by atoms with E-state index in [9.17, 15) is 14.7 Å². The predicted molar refractivity (Wildman–Crippen MR) is 271 cm³/mol. The average Bonchev–Trinajstić information content (AvgIpc) is 3.33. The first-order valence-corrected chi connectivity index (χ1v) is 24.1. The number of hydrogen-bond acceptors (Lipinski definition) is 10. The number of methoxy groups -OCH3 is 2. The summed E-state index contributed by atoms with van der Waals surface area (Å²) >= 11 is 0. The first-order chi connectivity index (χ1) is 32.3. The zero-order chi connectivity index (χ0) is 48.6. The molecule has 0 fully saturated rings. The van der Waals surface area contributed by atoms with E-state index >= 15 is 0 Å². The van der Waals surface area contributed by atoms with Crippen molar-refractivity contribution in [1.82, 2.24) is 4.98 Å². The van der Waals surface area contributed by atoms with Gasteiger partial charge in [-0.1, -0.05) is 102 Å². The monoisotopic (exact) mass is 912 g/mol. The van der Waals surface area contributed by atoms with E-state index in [1.807, 2.05) is 49.2 Å². The molecule has 5 aromatic rings. The number of nitrogens with zero attached hydrogens (tertiary/aromatic N) is 3. The molecule has 4 aromatic carbocycles. The minimum absolute atomic E-state index is 0.0910. The molecule has 1 heterocycles. The second-order valence-electron chi connectivity index (χ2n) is 17.8. The standard InChI is InChI=1S/C57H73N3O7/c1-12-21-41(28-44-24-18-16-22-42(44)14-3)34-58-51-32-55(53(64-10)30-49(51)39(8)61)66-35-46-26-20-27-47(59-46)36-67-56-33-52(50(40(9)62)31-54(56)65-11)60(37(5)6)57(63)48(38(7)13-2)29-45-25-19-17-23-43(45)15-4/h16-20,22-27,30-34,37-38,41,48,57,63H,12-15,21,28-29,35-36H2,1-11H3. The second kappa shape index (κ2) is 25.2. The van der Waals surface area contributed by atoms with Crippen LogP contribution in [0, 0.1) is 17.8 Å². The summed E-state index contributed by atoms with van der Waals surface area (Å²) in [6.07, 6.45) is 7.38. The van der Waals surface area contributed by atoms with E-state index < -0.39 is 6.23 Å². The van der Waals surface area contributed by atoms with Gasteiger partial charge in [-0.05, 0) is 118 Å². The van der Waals surface area contributed by atoms with Crippen LogP contribution in [0.2, 0.25) is 0 Å². The number of benzene rings is 4. The lowest BCUT2D eigenvalue weighted by Crippen LogP contribution is -2.48. The zero-order valence-electron chi connectivity index (χ0n) is 41.7. The number of carbonyl (C=O) groups excluding carboxylic acids is 2. The lowest BCUT2D eigenvalue weighted by molar-refractivity contribution is 0.0662. The number of pyridine rings is 1. The average molecular weight is 912 g/mol. The Bertz CT molecular complexity index is 2450. The SMILES string of the molecule is CCCC(C=Nc1cc(OCc2cccc(COc3cc(N(C(C)C)C(O)C(Cc4ccccc4CC)C(C)CC)c(C(C)=O)cc3OC)n2)c(OC)cc1C(C)=O)Cc1ccccc1CC. The Morgan fingerprint density at radius 1 is 0.687 bits per heavy atom. The van der Waals surface area contributed by atoms with Gasteiger partial charge in [-0.25, -0.2) is 0 Å². The van der Waals surface area contributed by atoms with E-state index in [2.05, 4.69) is 83.1 Å². The maximum Gasteiger partial charge on any atom is 0.163 e. The maximum absolute atomic E-state index is 13.3. The molecule has 67 heavy (non-hydrogen) atoms. The Balaban J connectivity index is 1.39. The molecule has 5 rings (SSSR count). The van der Waals surface area contributed by atoms with E-state index in [0.717, 1.165) is 38.5 Å². The normalized spacial score (nSPS) is 13.3. The van der Waals surface area contributed by atoms with Crippen molar-refractivity contribution in [3.8, 4) is 23.0 Å². The Morgan fingerprint density at radius 3 is 1.70 bits per heavy atom. The first kappa shape index (κ1) is 52.0. The highest BCUT2D eigenvalue weighted by molar-refractivity contribution is 6.01. The summed E-state index contributed by atoms with van der Waals surface area (Å²) in [4.78, 5) is 37.9. The lowest BCUT2D eigenvalue weighted by atomic mass is 9.82. The van der Waals surface area contributed by atoms with Crippen LogP contribution < -0.4 is 23.8 Å². The summed E-state index contributed by atoms with van der Waals surface area (Å²) < 4.78 is 24.3. The van der Waals surface area contributed by atoms with Crippen LogP contribution in [0.5, 0.6) is 23.0 Å². The molecule has 0 amide bonds. The molecule has 1 N–H and O–H groups in total. The van der Waals surface area contributed by atoms with Gasteiger partial charge in [0.05, 0.1) is 37.0 Å². The molecule has 0 aliphatic rings. The number of aryl methyl sites for hydroxylation is 2. The van der Waals surface area contributed by atoms with E-state index in [4.69, 9.17) is 28.9 Å². The van der Waals surface area contributed by atoms with Gasteiger partial charge in [0.1, 0.15) is 19.4 Å². The van der Waals surface area contributed by atoms with E-state index in [1.165, 1.54) is 36.1 Å². The van der Waals surface area contributed by atoms with Crippen LogP contribution >= 0.6 is 0 Å². The lowest BCUT2D eigenvalue weighted by Gasteiger charge is -2.41. The fourth-order valence-corrected chi connectivity index (χ4v) is 8.88. The Kier molecular flexibility index (Phi) is 19.6. The third-order valence-electron chi connectivity index (χ3n) is 12.8. The van der Waals surface area contributed by atoms with Crippen molar-refractivity contribution < 1.29 is 33.6 Å². The molecule has 0 saturated carbocycles. The number of aliphatic imine (C=N–C) groups is 1. The highest BCUT2D eigenvalue weighted by Gasteiger charge is 2.34. The van der Waals surface area contributed by atoms with Crippen molar-refractivity contribution in [2.24, 2.45) is 22.7 Å². The number of aromatic nitrogens is 1. The molecule has 0 spiro atoms. The van der Waals surface area contributed by atoms with Crippen LogP contribution in [0.3, 0.4) is 0 Å². The van der Waals surface area contributed by atoms with Crippen LogP contribution in [-0.4, -0.2) is 54.4 Å². The fraction of sp³-hybridized carbons (Fsp3) is 0.439. The summed E-state index contributed by atoms with van der Waals surface area (Å²) in [5.74, 6) is 1.67. The van der Waals surface area contributed by atoms with Crippen LogP contribution in [0.25, 0.3) is 0 Å². The van der Waals surface area contributed by atoms with Crippen LogP contribution in [0.15, 0.2) is 96.0 Å². The summed E-state index contributed by atoms with van der Waals surface area (Å²) in [5, 5.41) is 12.4. The van der Waals surface area contributed by atoms with Gasteiger partial charge in [-0.15, -0.1) is 0 Å². The van der Waals surface area contributed by atoms with E-state index in [1.54, 1.807) is 32.4 Å². The van der Waals surface area contributed by atoms with Crippen molar-refractivity contribution in [3.63, 3.8) is 0 Å². The number of ether oxygens (including phenoxy) is 4. The van der Waals surface area contributed by atoms with E-state index in [0.29, 0.717) is 63.3 Å². The van der Waals surface area contributed by atoms with Gasteiger partial charge >= 0.3 is 0 Å². The van der Waals surface area contributed by atoms with Crippen LogP contribution in [0.1, 0.15) is 136 Å². The van der Waals surface area contributed by atoms with Gasteiger partial charge in [-0.3, -0.25) is 19.6 Å². The third-order valence-corrected chi connectivity index (χ3v) is 12.8. The quantitative estimate of drug-likeness (QED) is 0.0328. The molecule has 0 aliphatic carbocycles. The molecular formula is C57H73N3O7. The minimum Gasteiger partial charge on any atom is -0.493 e. The summed E-state index contributed by atoms with van der Waals surface area (Å²) in [6.45, 7) is 18.2. The zero-order valence-corrected chi connectivity index (χ0v) is 41.7. The number of aliphatic hydroxyl groups is 1. The fourth-order valence-electron chi connectivity index (χ4n) is 8.88. The molecule has 0 saturated heterocycles. The van der Waals surface area contributed by atoms with Crippen molar-refractivity contribution >= 4 is 29.2 Å². The Morgan fingerprint density at radius 2 is 1.21 bits per heavy atom. The van der Waals surface area contributed by atoms with Crippen molar-refractivity contribution in [2.45, 2.75) is 133 Å². The van der Waals surface area contributed by atoms with Gasteiger partial charge in [-0.2, -0.15) is 0 Å². The molecule has 4 atom stereocenters. The van der Waals surface area contributed by atoms with Gasteiger partial charge in [0.25, 0.3) is 0 Å². The first-order valence-electron chi connectivity index (χ1n) is 24.1. The van der Waals surface area contributed by atoms with Crippen molar-refractivity contribution in [2.75, 3.05) is 19.1 Å². The topological polar surface area (TPSA) is 120 Å². The third kappa shape index (κ3) is 13.6. The van der Waals surface area contributed by atoms with Crippen molar-refractivity contribution in [1.29, 1.82) is 0 Å². The largest absolute Gasteiger partial charge is 0.493 e. The van der Waals surface area contributed by atoms with Gasteiger partial charge < -0.3 is 29.0 Å². The summed E-state index contributed by atoms with van der Waals surface area (Å²) in [7, 11) is 3.10. The van der Waals surface area contributed by atoms with Gasteiger partial charge in [0, 0.05) is 41.4 Å². The number of ketones is 2. The number of aliphatic hydroxyl groups excluding tert-OH is 1. The molecule has 0 radical (unpaired) electrons. The van der Waals surface area contributed by atoms with Crippen LogP contribution in [0.4, 0.5) is 11.4 Å². The number of anilines is 1. The Labute approximate surface area is 399 Å².